The lowest BCUT2D eigenvalue weighted by atomic mass is 10.1. The molecule has 3 nitrogen and oxygen atoms in total. The van der Waals surface area contributed by atoms with Crippen molar-refractivity contribution in [1.82, 2.24) is 0 Å². The Morgan fingerprint density at radius 3 is 3.18 bits per heavy atom. The lowest BCUT2D eigenvalue weighted by molar-refractivity contribution is 0.229. The molecule has 0 aliphatic carbocycles. The summed E-state index contributed by atoms with van der Waals surface area (Å²) in [6.45, 7) is 1.27. The number of ether oxygens (including phenoxy) is 1. The maximum atomic E-state index is 5.64. The molecule has 92 valence electrons. The third-order valence-corrected chi connectivity index (χ3v) is 2.75. The predicted molar refractivity (Wildman–Crippen MR) is 70.5 cm³/mol. The molecule has 2 rings (SSSR count). The number of nitrogens with one attached hydrogen (secondary N) is 1. The van der Waals surface area contributed by atoms with Gasteiger partial charge in [-0.25, -0.2) is 0 Å². The average molecular weight is 254 g/mol. The third-order valence-electron chi connectivity index (χ3n) is 2.48. The molecule has 1 aliphatic rings. The molecule has 1 N–H and O–H groups in total. The van der Waals surface area contributed by atoms with Gasteiger partial charge in [-0.1, -0.05) is 12.2 Å². The molecule has 0 aromatic heterocycles. The van der Waals surface area contributed by atoms with Gasteiger partial charge in [-0.3, -0.25) is 10.3 Å². The normalized spacial score (nSPS) is 13.7. The first-order valence-electron chi connectivity index (χ1n) is 5.77. The molecular formula is C13H16ClNO2. The first-order chi connectivity index (χ1) is 8.40. The Hall–Kier alpha value is -1.19. The summed E-state index contributed by atoms with van der Waals surface area (Å²) in [7, 11) is 0. The number of unbranched alkanes of at least 4 members (excludes halogenated alkanes) is 1. The number of hydrogen-bond donors (Lipinski definition) is 1. The Balaban J connectivity index is 1.96. The Bertz CT molecular complexity index is 393. The average Bonchev–Trinajstić information content (AvgIpc) is 2.59. The summed E-state index contributed by atoms with van der Waals surface area (Å²) < 4.78 is 5.64. The molecule has 0 amide bonds. The third kappa shape index (κ3) is 3.65. The fourth-order valence-electron chi connectivity index (χ4n) is 1.59. The molecule has 1 aromatic carbocycles. The largest absolute Gasteiger partial charge is 0.494 e. The number of alkyl halides is 1. The van der Waals surface area contributed by atoms with Crippen LogP contribution in [0.1, 0.15) is 18.4 Å². The quantitative estimate of drug-likeness (QED) is 0.644. The van der Waals surface area contributed by atoms with Crippen LogP contribution in [0.4, 0.5) is 5.69 Å². The fourth-order valence-corrected chi connectivity index (χ4v) is 1.78. The van der Waals surface area contributed by atoms with Crippen LogP contribution in [-0.2, 0) is 4.84 Å². The highest BCUT2D eigenvalue weighted by Crippen LogP contribution is 2.25. The van der Waals surface area contributed by atoms with Gasteiger partial charge in [-0.05, 0) is 30.5 Å². The van der Waals surface area contributed by atoms with Crippen molar-refractivity contribution in [3.05, 3.63) is 29.8 Å². The van der Waals surface area contributed by atoms with E-state index in [-0.39, 0.29) is 0 Å². The highest BCUT2D eigenvalue weighted by Gasteiger charge is 2.05. The SMILES string of the molecule is ClCCCCOc1ccc2c(c1)NOCC=C2. The second-order valence-electron chi connectivity index (χ2n) is 3.81. The summed E-state index contributed by atoms with van der Waals surface area (Å²) in [6, 6.07) is 5.94. The van der Waals surface area contributed by atoms with E-state index in [4.69, 9.17) is 21.2 Å². The van der Waals surface area contributed by atoms with Crippen LogP contribution >= 0.6 is 11.6 Å². The molecule has 0 saturated carbocycles. The minimum atomic E-state index is 0.570. The molecule has 0 radical (unpaired) electrons. The molecule has 0 atom stereocenters. The molecule has 0 unspecified atom stereocenters. The first-order valence-corrected chi connectivity index (χ1v) is 6.31. The monoisotopic (exact) mass is 253 g/mol. The van der Waals surface area contributed by atoms with Crippen LogP contribution in [0, 0.1) is 0 Å². The summed E-state index contributed by atoms with van der Waals surface area (Å²) in [5, 5.41) is 0. The van der Waals surface area contributed by atoms with Gasteiger partial charge in [0.25, 0.3) is 0 Å². The van der Waals surface area contributed by atoms with E-state index in [1.807, 2.05) is 30.4 Å². The van der Waals surface area contributed by atoms with Crippen molar-refractivity contribution < 1.29 is 9.57 Å². The van der Waals surface area contributed by atoms with Crippen LogP contribution in [0.2, 0.25) is 0 Å². The van der Waals surface area contributed by atoms with Crippen LogP contribution in [0.5, 0.6) is 5.75 Å². The second-order valence-corrected chi connectivity index (χ2v) is 4.19. The van der Waals surface area contributed by atoms with E-state index in [0.717, 1.165) is 29.8 Å². The zero-order valence-corrected chi connectivity index (χ0v) is 10.4. The van der Waals surface area contributed by atoms with Crippen molar-refractivity contribution in [3.8, 4) is 5.75 Å². The Morgan fingerprint density at radius 1 is 1.35 bits per heavy atom. The zero-order chi connectivity index (χ0) is 11.9. The van der Waals surface area contributed by atoms with Crippen molar-refractivity contribution in [1.29, 1.82) is 0 Å². The molecule has 0 fully saturated rings. The number of hydrogen-bond acceptors (Lipinski definition) is 3. The summed E-state index contributed by atoms with van der Waals surface area (Å²) in [5.74, 6) is 1.54. The van der Waals surface area contributed by atoms with Gasteiger partial charge < -0.3 is 4.74 Å². The zero-order valence-electron chi connectivity index (χ0n) is 9.62. The van der Waals surface area contributed by atoms with Crippen molar-refractivity contribution >= 4 is 23.4 Å². The van der Waals surface area contributed by atoms with E-state index in [9.17, 15) is 0 Å². The molecule has 0 bridgehead atoms. The molecule has 1 aliphatic heterocycles. The number of halogens is 1. The highest BCUT2D eigenvalue weighted by atomic mass is 35.5. The summed E-state index contributed by atoms with van der Waals surface area (Å²) in [4.78, 5) is 5.21. The molecule has 0 spiro atoms. The van der Waals surface area contributed by atoms with Gasteiger partial charge in [0, 0.05) is 11.9 Å². The van der Waals surface area contributed by atoms with Crippen LogP contribution in [0.15, 0.2) is 24.3 Å². The van der Waals surface area contributed by atoms with Crippen LogP contribution in [0.3, 0.4) is 0 Å². The van der Waals surface area contributed by atoms with Gasteiger partial charge in [0.1, 0.15) is 5.75 Å². The van der Waals surface area contributed by atoms with Gasteiger partial charge >= 0.3 is 0 Å². The Labute approximate surface area is 106 Å². The molecule has 17 heavy (non-hydrogen) atoms. The second kappa shape index (κ2) is 6.52. The highest BCUT2D eigenvalue weighted by molar-refractivity contribution is 6.17. The predicted octanol–water partition coefficient (Wildman–Crippen LogP) is 3.45. The lowest BCUT2D eigenvalue weighted by Gasteiger charge is -2.10. The van der Waals surface area contributed by atoms with Crippen molar-refractivity contribution in [2.45, 2.75) is 12.8 Å². The van der Waals surface area contributed by atoms with Gasteiger partial charge in [0.2, 0.25) is 0 Å². The maximum absolute atomic E-state index is 5.64. The number of fused-ring (bicyclic) bond motifs is 1. The van der Waals surface area contributed by atoms with Gasteiger partial charge in [0.05, 0.1) is 18.9 Å². The number of rotatable bonds is 5. The van der Waals surface area contributed by atoms with Crippen molar-refractivity contribution in [2.24, 2.45) is 0 Å². The van der Waals surface area contributed by atoms with Gasteiger partial charge in [0.15, 0.2) is 0 Å². The topological polar surface area (TPSA) is 30.5 Å². The summed E-state index contributed by atoms with van der Waals surface area (Å²) in [6.07, 6.45) is 5.97. The fraction of sp³-hybridized carbons (Fsp3) is 0.385. The molecule has 1 heterocycles. The van der Waals surface area contributed by atoms with E-state index in [1.54, 1.807) is 0 Å². The van der Waals surface area contributed by atoms with E-state index in [2.05, 4.69) is 5.48 Å². The molecular weight excluding hydrogens is 238 g/mol. The molecule has 1 aromatic rings. The summed E-state index contributed by atoms with van der Waals surface area (Å²) in [5.41, 5.74) is 4.95. The Morgan fingerprint density at radius 2 is 2.29 bits per heavy atom. The van der Waals surface area contributed by atoms with Gasteiger partial charge in [-0.2, -0.15) is 0 Å². The van der Waals surface area contributed by atoms with E-state index < -0.39 is 0 Å². The molecule has 0 saturated heterocycles. The van der Waals surface area contributed by atoms with Gasteiger partial charge in [-0.15, -0.1) is 11.6 Å². The minimum absolute atomic E-state index is 0.570. The first kappa shape index (κ1) is 12.3. The van der Waals surface area contributed by atoms with E-state index >= 15 is 0 Å². The number of benzene rings is 1. The smallest absolute Gasteiger partial charge is 0.121 e. The van der Waals surface area contributed by atoms with Crippen LogP contribution in [0.25, 0.3) is 6.08 Å². The van der Waals surface area contributed by atoms with Crippen molar-refractivity contribution in [2.75, 3.05) is 24.6 Å². The maximum Gasteiger partial charge on any atom is 0.121 e. The Kier molecular flexibility index (Phi) is 4.71. The van der Waals surface area contributed by atoms with Crippen molar-refractivity contribution in [3.63, 3.8) is 0 Å². The van der Waals surface area contributed by atoms with E-state index in [1.165, 1.54) is 0 Å². The summed E-state index contributed by atoms with van der Waals surface area (Å²) >= 11 is 5.61. The molecule has 4 heteroatoms. The lowest BCUT2D eigenvalue weighted by Crippen LogP contribution is -2.02. The van der Waals surface area contributed by atoms with Crippen LogP contribution in [-0.4, -0.2) is 19.1 Å². The van der Waals surface area contributed by atoms with E-state index in [0.29, 0.717) is 19.1 Å². The van der Waals surface area contributed by atoms with Crippen LogP contribution < -0.4 is 10.2 Å². The standard InChI is InChI=1S/C13H16ClNO2/c14-7-1-2-8-16-12-6-5-11-4-3-9-17-15-13(11)10-12/h3-6,10,15H,1-2,7-9H2. The minimum Gasteiger partial charge on any atom is -0.494 e. The number of anilines is 1.